The summed E-state index contributed by atoms with van der Waals surface area (Å²) in [5.74, 6) is 0.316. The van der Waals surface area contributed by atoms with Crippen LogP contribution in [0.1, 0.15) is 26.3 Å². The lowest BCUT2D eigenvalue weighted by Crippen LogP contribution is -2.36. The predicted molar refractivity (Wildman–Crippen MR) is 93.9 cm³/mol. The van der Waals surface area contributed by atoms with Crippen molar-refractivity contribution >= 4 is 23.4 Å². The van der Waals surface area contributed by atoms with Crippen molar-refractivity contribution in [3.63, 3.8) is 0 Å². The van der Waals surface area contributed by atoms with Gasteiger partial charge in [-0.1, -0.05) is 17.7 Å². The fraction of sp³-hybridized carbons (Fsp3) is 0.438. The van der Waals surface area contributed by atoms with E-state index in [-0.39, 0.29) is 16.5 Å². The summed E-state index contributed by atoms with van der Waals surface area (Å²) in [6, 6.07) is 2.96. The van der Waals surface area contributed by atoms with Gasteiger partial charge in [0.2, 0.25) is 5.88 Å². The Balaban J connectivity index is 2.03. The SMILES string of the molecule is CC(C)(C)n1ncc(SCc2ccc(OCC(F)(F)F)nc2)c(Cl)c1=O. The molecular formula is C16H17ClF3N3O2S. The van der Waals surface area contributed by atoms with E-state index in [0.717, 1.165) is 5.56 Å². The molecule has 0 radical (unpaired) electrons. The van der Waals surface area contributed by atoms with E-state index in [9.17, 15) is 18.0 Å². The van der Waals surface area contributed by atoms with Gasteiger partial charge in [-0.2, -0.15) is 18.3 Å². The van der Waals surface area contributed by atoms with Crippen molar-refractivity contribution in [3.05, 3.63) is 45.5 Å². The number of rotatable bonds is 5. The summed E-state index contributed by atoms with van der Waals surface area (Å²) in [5, 5.41) is 4.22. The van der Waals surface area contributed by atoms with Crippen molar-refractivity contribution in [2.24, 2.45) is 0 Å². The highest BCUT2D eigenvalue weighted by atomic mass is 35.5. The molecule has 0 aliphatic carbocycles. The van der Waals surface area contributed by atoms with Crippen LogP contribution in [0.25, 0.3) is 0 Å². The molecule has 26 heavy (non-hydrogen) atoms. The second-order valence-corrected chi connectivity index (χ2v) is 7.80. The lowest BCUT2D eigenvalue weighted by molar-refractivity contribution is -0.154. The molecule has 0 saturated carbocycles. The maximum atomic E-state index is 12.3. The summed E-state index contributed by atoms with van der Waals surface area (Å²) in [6.45, 7) is 4.15. The predicted octanol–water partition coefficient (Wildman–Crippen LogP) is 4.28. The van der Waals surface area contributed by atoms with E-state index < -0.39 is 18.3 Å². The number of ether oxygens (including phenoxy) is 1. The average Bonchev–Trinajstić information content (AvgIpc) is 2.53. The summed E-state index contributed by atoms with van der Waals surface area (Å²) in [7, 11) is 0. The first-order valence-corrected chi connectivity index (χ1v) is 8.89. The summed E-state index contributed by atoms with van der Waals surface area (Å²) in [6.07, 6.45) is -1.47. The zero-order valence-electron chi connectivity index (χ0n) is 14.3. The van der Waals surface area contributed by atoms with Crippen LogP contribution in [0.2, 0.25) is 5.02 Å². The molecule has 5 nitrogen and oxygen atoms in total. The molecule has 0 bridgehead atoms. The number of pyridine rings is 1. The number of aromatic nitrogens is 3. The van der Waals surface area contributed by atoms with E-state index in [1.807, 2.05) is 20.8 Å². The van der Waals surface area contributed by atoms with Gasteiger partial charge < -0.3 is 4.74 Å². The lowest BCUT2D eigenvalue weighted by atomic mass is 10.1. The molecule has 2 rings (SSSR count). The van der Waals surface area contributed by atoms with Crippen LogP contribution in [0.15, 0.2) is 34.2 Å². The highest BCUT2D eigenvalue weighted by Gasteiger charge is 2.28. The largest absolute Gasteiger partial charge is 0.468 e. The summed E-state index contributed by atoms with van der Waals surface area (Å²) in [5.41, 5.74) is -0.122. The van der Waals surface area contributed by atoms with Crippen molar-refractivity contribution < 1.29 is 17.9 Å². The molecule has 2 aromatic heterocycles. The van der Waals surface area contributed by atoms with Gasteiger partial charge in [-0.3, -0.25) is 4.79 Å². The third kappa shape index (κ3) is 5.63. The minimum Gasteiger partial charge on any atom is -0.468 e. The van der Waals surface area contributed by atoms with Gasteiger partial charge in [0.25, 0.3) is 5.56 Å². The highest BCUT2D eigenvalue weighted by Crippen LogP contribution is 2.27. The first kappa shape index (κ1) is 20.6. The Kier molecular flexibility index (Phi) is 6.23. The van der Waals surface area contributed by atoms with E-state index in [0.29, 0.717) is 10.6 Å². The number of thioether (sulfide) groups is 1. The fourth-order valence-corrected chi connectivity index (χ4v) is 3.02. The minimum absolute atomic E-state index is 0.0815. The van der Waals surface area contributed by atoms with Crippen LogP contribution in [0.5, 0.6) is 5.88 Å². The number of hydrogen-bond donors (Lipinski definition) is 0. The highest BCUT2D eigenvalue weighted by molar-refractivity contribution is 7.98. The van der Waals surface area contributed by atoms with Crippen molar-refractivity contribution in [1.29, 1.82) is 0 Å². The smallest absolute Gasteiger partial charge is 0.422 e. The van der Waals surface area contributed by atoms with Gasteiger partial charge in [-0.05, 0) is 26.3 Å². The molecule has 0 aliphatic rings. The Morgan fingerprint density at radius 1 is 1.23 bits per heavy atom. The molecule has 0 atom stereocenters. The zero-order valence-corrected chi connectivity index (χ0v) is 15.9. The average molecular weight is 408 g/mol. The van der Waals surface area contributed by atoms with Crippen molar-refractivity contribution in [1.82, 2.24) is 14.8 Å². The Labute approximate surface area is 157 Å². The lowest BCUT2D eigenvalue weighted by Gasteiger charge is -2.21. The molecule has 0 aromatic carbocycles. The van der Waals surface area contributed by atoms with Crippen molar-refractivity contribution in [3.8, 4) is 5.88 Å². The quantitative estimate of drug-likeness (QED) is 0.692. The maximum absolute atomic E-state index is 12.3. The van der Waals surface area contributed by atoms with Gasteiger partial charge in [0, 0.05) is 18.0 Å². The van der Waals surface area contributed by atoms with Gasteiger partial charge >= 0.3 is 6.18 Å². The second kappa shape index (κ2) is 7.87. The molecule has 2 heterocycles. The van der Waals surface area contributed by atoms with Gasteiger partial charge in [0.05, 0.1) is 16.6 Å². The Morgan fingerprint density at radius 3 is 2.46 bits per heavy atom. The number of nitrogens with zero attached hydrogens (tertiary/aromatic N) is 3. The first-order valence-electron chi connectivity index (χ1n) is 7.53. The van der Waals surface area contributed by atoms with Crippen LogP contribution in [0, 0.1) is 0 Å². The third-order valence-electron chi connectivity index (χ3n) is 3.10. The summed E-state index contributed by atoms with van der Waals surface area (Å²) < 4.78 is 42.2. The molecular weight excluding hydrogens is 391 g/mol. The van der Waals surface area contributed by atoms with Gasteiger partial charge in [-0.25, -0.2) is 9.67 Å². The monoisotopic (exact) mass is 407 g/mol. The normalized spacial score (nSPS) is 12.3. The molecule has 142 valence electrons. The van der Waals surface area contributed by atoms with Crippen LogP contribution in [-0.4, -0.2) is 27.5 Å². The van der Waals surface area contributed by atoms with Crippen LogP contribution >= 0.6 is 23.4 Å². The van der Waals surface area contributed by atoms with Crippen LogP contribution in [0.3, 0.4) is 0 Å². The first-order chi connectivity index (χ1) is 12.0. The van der Waals surface area contributed by atoms with Crippen LogP contribution in [0.4, 0.5) is 13.2 Å². The molecule has 0 fully saturated rings. The fourth-order valence-electron chi connectivity index (χ4n) is 1.89. The molecule has 0 amide bonds. The van der Waals surface area contributed by atoms with Crippen LogP contribution < -0.4 is 10.3 Å². The number of alkyl halides is 3. The van der Waals surface area contributed by atoms with Gasteiger partial charge in [0.15, 0.2) is 6.61 Å². The van der Waals surface area contributed by atoms with Crippen LogP contribution in [-0.2, 0) is 11.3 Å². The van der Waals surface area contributed by atoms with E-state index in [2.05, 4.69) is 14.8 Å². The zero-order chi connectivity index (χ0) is 19.5. The molecule has 0 aliphatic heterocycles. The Morgan fingerprint density at radius 2 is 1.92 bits per heavy atom. The maximum Gasteiger partial charge on any atom is 0.422 e. The second-order valence-electron chi connectivity index (χ2n) is 6.41. The van der Waals surface area contributed by atoms with E-state index in [1.165, 1.54) is 34.9 Å². The summed E-state index contributed by atoms with van der Waals surface area (Å²) in [4.78, 5) is 16.6. The third-order valence-corrected chi connectivity index (χ3v) is 4.67. The molecule has 0 N–H and O–H groups in total. The van der Waals surface area contributed by atoms with Crippen molar-refractivity contribution in [2.75, 3.05) is 6.61 Å². The van der Waals surface area contributed by atoms with E-state index in [1.54, 1.807) is 6.07 Å². The molecule has 2 aromatic rings. The molecule has 10 heteroatoms. The van der Waals surface area contributed by atoms with E-state index in [4.69, 9.17) is 11.6 Å². The van der Waals surface area contributed by atoms with Gasteiger partial charge in [0.1, 0.15) is 5.02 Å². The van der Waals surface area contributed by atoms with Gasteiger partial charge in [-0.15, -0.1) is 11.8 Å². The standard InChI is InChI=1S/C16H17ClF3N3O2S/c1-15(2,3)23-14(24)13(17)11(7-22-23)26-8-10-4-5-12(21-6-10)25-9-16(18,19)20/h4-7H,8-9H2,1-3H3. The number of hydrogen-bond acceptors (Lipinski definition) is 5. The van der Waals surface area contributed by atoms with E-state index >= 15 is 0 Å². The molecule has 0 saturated heterocycles. The Hall–Kier alpha value is -1.74. The number of halogens is 4. The minimum atomic E-state index is -4.41. The Bertz CT molecular complexity index is 817. The molecule has 0 spiro atoms. The van der Waals surface area contributed by atoms with Crippen molar-refractivity contribution in [2.45, 2.75) is 43.1 Å². The molecule has 0 unspecified atom stereocenters. The topological polar surface area (TPSA) is 57.0 Å². The summed E-state index contributed by atoms with van der Waals surface area (Å²) >= 11 is 7.43.